The molecule has 7 nitrogen and oxygen atoms in total. The molecule has 1 unspecified atom stereocenters. The van der Waals surface area contributed by atoms with Gasteiger partial charge in [0.15, 0.2) is 17.6 Å². The molecule has 8 heteroatoms. The van der Waals surface area contributed by atoms with Crippen LogP contribution in [0.2, 0.25) is 0 Å². The minimum atomic E-state index is -1.09. The zero-order chi connectivity index (χ0) is 17.8. The van der Waals surface area contributed by atoms with Gasteiger partial charge in [-0.2, -0.15) is 5.10 Å². The monoisotopic (exact) mass is 347 g/mol. The molecule has 0 amide bonds. The molecule has 0 aromatic carbocycles. The first-order valence-corrected chi connectivity index (χ1v) is 8.14. The lowest BCUT2D eigenvalue weighted by Crippen LogP contribution is -2.32. The first kappa shape index (κ1) is 17.1. The van der Waals surface area contributed by atoms with E-state index in [0.717, 1.165) is 36.4 Å². The predicted octanol–water partition coefficient (Wildman–Crippen LogP) is 2.78. The van der Waals surface area contributed by atoms with Gasteiger partial charge in [0.1, 0.15) is 0 Å². The van der Waals surface area contributed by atoms with Crippen LogP contribution in [0.1, 0.15) is 38.1 Å². The highest BCUT2D eigenvalue weighted by molar-refractivity contribution is 5.71. The van der Waals surface area contributed by atoms with Crippen LogP contribution in [-0.4, -0.2) is 25.8 Å². The van der Waals surface area contributed by atoms with E-state index in [1.165, 1.54) is 24.5 Å². The van der Waals surface area contributed by atoms with Gasteiger partial charge in [0.25, 0.3) is 11.4 Å². The Hall–Kier alpha value is -2.77. The molecule has 1 atom stereocenters. The minimum absolute atomic E-state index is 0.00357. The number of carboxylic acids is 1. The van der Waals surface area contributed by atoms with Crippen LogP contribution in [0.25, 0.3) is 0 Å². The fraction of sp³-hybridized carbons (Fsp3) is 0.412. The second kappa shape index (κ2) is 7.42. The van der Waals surface area contributed by atoms with Gasteiger partial charge in [-0.25, -0.2) is 18.9 Å². The van der Waals surface area contributed by atoms with Crippen molar-refractivity contribution in [3.63, 3.8) is 0 Å². The fourth-order valence-corrected chi connectivity index (χ4v) is 3.12. The average Bonchev–Trinajstić information content (AvgIpc) is 3.08. The Kier molecular flexibility index (Phi) is 5.06. The van der Waals surface area contributed by atoms with E-state index >= 15 is 0 Å². The van der Waals surface area contributed by atoms with Crippen molar-refractivity contribution in [3.05, 3.63) is 46.8 Å². The maximum atomic E-state index is 13.5. The third-order valence-electron chi connectivity index (χ3n) is 4.35. The zero-order valence-corrected chi connectivity index (χ0v) is 13.5. The normalized spacial score (nSPS) is 15.9. The Balaban J connectivity index is 1.81. The van der Waals surface area contributed by atoms with Gasteiger partial charge >= 0.3 is 5.97 Å². The van der Waals surface area contributed by atoms with Crippen LogP contribution in [0.15, 0.2) is 35.4 Å². The third-order valence-corrected chi connectivity index (χ3v) is 4.35. The lowest BCUT2D eigenvalue weighted by Gasteiger charge is -2.18. The summed E-state index contributed by atoms with van der Waals surface area (Å²) in [5.41, 5.74) is -0.612. The summed E-state index contributed by atoms with van der Waals surface area (Å²) in [5, 5.41) is 13.4. The van der Waals surface area contributed by atoms with Gasteiger partial charge in [0, 0.05) is 12.3 Å². The topological polar surface area (TPSA) is 94.3 Å². The number of pyridine rings is 1. The second-order valence-electron chi connectivity index (χ2n) is 6.11. The Morgan fingerprint density at radius 3 is 2.84 bits per heavy atom. The van der Waals surface area contributed by atoms with Crippen molar-refractivity contribution in [1.29, 1.82) is 0 Å². The van der Waals surface area contributed by atoms with Crippen LogP contribution < -0.4 is 10.3 Å². The molecule has 1 fully saturated rings. The lowest BCUT2D eigenvalue weighted by molar-refractivity contribution is -0.142. The largest absolute Gasteiger partial charge is 0.480 e. The third kappa shape index (κ3) is 4.01. The number of carboxylic acid groups (broad SMARTS) is 1. The van der Waals surface area contributed by atoms with Crippen molar-refractivity contribution in [1.82, 2.24) is 14.8 Å². The van der Waals surface area contributed by atoms with E-state index in [0.29, 0.717) is 6.42 Å². The summed E-state index contributed by atoms with van der Waals surface area (Å²) in [6.07, 6.45) is 7.04. The number of aliphatic carboxylic acids is 1. The van der Waals surface area contributed by atoms with Gasteiger partial charge in [-0.3, -0.25) is 4.79 Å². The smallest absolute Gasteiger partial charge is 0.328 e. The zero-order valence-electron chi connectivity index (χ0n) is 13.5. The van der Waals surface area contributed by atoms with E-state index in [2.05, 4.69) is 10.1 Å². The number of rotatable bonds is 6. The molecule has 25 heavy (non-hydrogen) atoms. The van der Waals surface area contributed by atoms with Gasteiger partial charge in [0.05, 0.1) is 6.20 Å². The first-order valence-electron chi connectivity index (χ1n) is 8.14. The van der Waals surface area contributed by atoms with Crippen LogP contribution in [0, 0.1) is 11.7 Å². The molecule has 1 saturated carbocycles. The van der Waals surface area contributed by atoms with Crippen molar-refractivity contribution in [2.24, 2.45) is 5.92 Å². The van der Waals surface area contributed by atoms with Crippen molar-refractivity contribution in [2.75, 3.05) is 0 Å². The van der Waals surface area contributed by atoms with Crippen molar-refractivity contribution < 1.29 is 19.0 Å². The maximum absolute atomic E-state index is 13.5. The highest BCUT2D eigenvalue weighted by Gasteiger charge is 2.28. The fourth-order valence-electron chi connectivity index (χ4n) is 3.12. The SMILES string of the molecule is O=C(O)C(CC1CCCC1)n1ncc(Oc2ncccc2F)cc1=O. The number of halogens is 1. The molecule has 1 aliphatic carbocycles. The molecule has 3 rings (SSSR count). The summed E-state index contributed by atoms with van der Waals surface area (Å²) in [4.78, 5) is 27.6. The number of ether oxygens (including phenoxy) is 1. The van der Waals surface area contributed by atoms with Gasteiger partial charge in [-0.1, -0.05) is 25.7 Å². The molecule has 2 aromatic heterocycles. The Labute approximate surface area is 143 Å². The summed E-state index contributed by atoms with van der Waals surface area (Å²) < 4.78 is 19.7. The standard InChI is InChI=1S/C17H18FN3O4/c18-13-6-3-7-19-16(13)25-12-9-15(22)21(20-10-12)14(17(23)24)8-11-4-1-2-5-11/h3,6-7,9-11,14H,1-2,4-5,8H2,(H,23,24). The van der Waals surface area contributed by atoms with E-state index in [9.17, 15) is 19.1 Å². The van der Waals surface area contributed by atoms with E-state index in [1.54, 1.807) is 0 Å². The first-order chi connectivity index (χ1) is 12.0. The molecule has 2 aromatic rings. The summed E-state index contributed by atoms with van der Waals surface area (Å²) in [6, 6.07) is 2.67. The number of hydrogen-bond donors (Lipinski definition) is 1. The summed E-state index contributed by atoms with van der Waals surface area (Å²) >= 11 is 0. The number of carbonyl (C=O) groups is 1. The molecule has 2 heterocycles. The molecule has 0 radical (unpaired) electrons. The van der Waals surface area contributed by atoms with Gasteiger partial charge in [0.2, 0.25) is 0 Å². The van der Waals surface area contributed by atoms with E-state index < -0.39 is 23.4 Å². The molecule has 132 valence electrons. The Morgan fingerprint density at radius 1 is 1.44 bits per heavy atom. The van der Waals surface area contributed by atoms with Gasteiger partial charge in [-0.15, -0.1) is 0 Å². The summed E-state index contributed by atoms with van der Waals surface area (Å²) in [7, 11) is 0. The van der Waals surface area contributed by atoms with E-state index in [4.69, 9.17) is 4.74 Å². The van der Waals surface area contributed by atoms with Crippen molar-refractivity contribution in [2.45, 2.75) is 38.1 Å². The van der Waals surface area contributed by atoms with Crippen LogP contribution in [0.5, 0.6) is 11.6 Å². The molecular formula is C17H18FN3O4. The Morgan fingerprint density at radius 2 is 2.20 bits per heavy atom. The summed E-state index contributed by atoms with van der Waals surface area (Å²) in [5.74, 6) is -1.75. The molecular weight excluding hydrogens is 329 g/mol. The molecule has 1 N–H and O–H groups in total. The lowest BCUT2D eigenvalue weighted by atomic mass is 9.98. The van der Waals surface area contributed by atoms with Crippen LogP contribution >= 0.6 is 0 Å². The highest BCUT2D eigenvalue weighted by atomic mass is 19.1. The number of hydrogen-bond acceptors (Lipinski definition) is 5. The van der Waals surface area contributed by atoms with Crippen LogP contribution in [-0.2, 0) is 4.79 Å². The molecule has 0 spiro atoms. The molecule has 0 saturated heterocycles. The van der Waals surface area contributed by atoms with Crippen molar-refractivity contribution >= 4 is 5.97 Å². The molecule has 0 bridgehead atoms. The quantitative estimate of drug-likeness (QED) is 0.863. The van der Waals surface area contributed by atoms with Gasteiger partial charge in [-0.05, 0) is 24.5 Å². The highest BCUT2D eigenvalue weighted by Crippen LogP contribution is 2.31. The van der Waals surface area contributed by atoms with Crippen molar-refractivity contribution in [3.8, 4) is 11.6 Å². The number of aromatic nitrogens is 3. The Bertz CT molecular complexity index is 818. The average molecular weight is 347 g/mol. The molecule has 0 aliphatic heterocycles. The van der Waals surface area contributed by atoms with Crippen LogP contribution in [0.4, 0.5) is 4.39 Å². The minimum Gasteiger partial charge on any atom is -0.480 e. The summed E-state index contributed by atoms with van der Waals surface area (Å²) in [6.45, 7) is 0. The maximum Gasteiger partial charge on any atom is 0.328 e. The second-order valence-corrected chi connectivity index (χ2v) is 6.11. The van der Waals surface area contributed by atoms with E-state index in [-0.39, 0.29) is 17.5 Å². The van der Waals surface area contributed by atoms with Crippen LogP contribution in [0.3, 0.4) is 0 Å². The number of nitrogens with zero attached hydrogens (tertiary/aromatic N) is 3. The van der Waals surface area contributed by atoms with Gasteiger partial charge < -0.3 is 9.84 Å². The predicted molar refractivity (Wildman–Crippen MR) is 86.0 cm³/mol. The molecule has 1 aliphatic rings. The van der Waals surface area contributed by atoms with E-state index in [1.807, 2.05) is 0 Å².